The summed E-state index contributed by atoms with van der Waals surface area (Å²) >= 11 is 0. The van der Waals surface area contributed by atoms with Crippen LogP contribution in [0.5, 0.6) is 5.75 Å². The molecule has 1 N–H and O–H groups in total. The van der Waals surface area contributed by atoms with Crippen LogP contribution in [0.4, 0.5) is 0 Å². The molecule has 2 heterocycles. The number of esters is 1. The molecule has 1 aliphatic carbocycles. The van der Waals surface area contributed by atoms with Crippen LogP contribution >= 0.6 is 0 Å². The summed E-state index contributed by atoms with van der Waals surface area (Å²) in [5.41, 5.74) is 5.05. The van der Waals surface area contributed by atoms with Gasteiger partial charge in [0.05, 0.1) is 31.3 Å². The van der Waals surface area contributed by atoms with E-state index < -0.39 is 5.97 Å². The van der Waals surface area contributed by atoms with Crippen molar-refractivity contribution in [3.8, 4) is 22.7 Å². The number of carbonyl (C=O) groups excluding carboxylic acids is 1. The third-order valence-corrected chi connectivity index (χ3v) is 4.37. The second kappa shape index (κ2) is 6.08. The largest absolute Gasteiger partial charge is 0.497 e. The predicted octanol–water partition coefficient (Wildman–Crippen LogP) is 2.55. The van der Waals surface area contributed by atoms with Crippen LogP contribution in [0.25, 0.3) is 16.9 Å². The number of nitrogens with zero attached hydrogens (tertiary/aromatic N) is 3. The Kier molecular flexibility index (Phi) is 3.76. The number of H-pyrrole nitrogens is 1. The van der Waals surface area contributed by atoms with E-state index >= 15 is 0 Å². The average Bonchev–Trinajstić information content (AvgIpc) is 3.26. The molecule has 0 unspecified atom stereocenters. The molecule has 3 aromatic rings. The maximum Gasteiger partial charge on any atom is 0.359 e. The van der Waals surface area contributed by atoms with Crippen molar-refractivity contribution in [3.05, 3.63) is 47.4 Å². The van der Waals surface area contributed by atoms with E-state index in [1.807, 2.05) is 24.3 Å². The molecule has 0 saturated carbocycles. The van der Waals surface area contributed by atoms with Gasteiger partial charge < -0.3 is 9.47 Å². The van der Waals surface area contributed by atoms with E-state index in [1.165, 1.54) is 0 Å². The van der Waals surface area contributed by atoms with Crippen LogP contribution in [0.3, 0.4) is 0 Å². The molecule has 0 radical (unpaired) electrons. The first-order valence-electron chi connectivity index (χ1n) is 8.19. The van der Waals surface area contributed by atoms with Gasteiger partial charge in [-0.2, -0.15) is 10.2 Å². The van der Waals surface area contributed by atoms with Crippen molar-refractivity contribution in [3.63, 3.8) is 0 Å². The number of hydrogen-bond acceptors (Lipinski definition) is 5. The van der Waals surface area contributed by atoms with E-state index in [0.717, 1.165) is 46.8 Å². The van der Waals surface area contributed by atoms with Crippen molar-refractivity contribution >= 4 is 5.97 Å². The predicted molar refractivity (Wildman–Crippen MR) is 91.1 cm³/mol. The summed E-state index contributed by atoms with van der Waals surface area (Å²) in [6.07, 6.45) is 3.29. The highest BCUT2D eigenvalue weighted by Gasteiger charge is 2.30. The summed E-state index contributed by atoms with van der Waals surface area (Å²) < 4.78 is 12.2. The summed E-state index contributed by atoms with van der Waals surface area (Å²) in [7, 11) is 1.63. The van der Waals surface area contributed by atoms with Gasteiger partial charge in [-0.05, 0) is 44.0 Å². The number of carbonyl (C=O) groups is 1. The Labute approximate surface area is 144 Å². The highest BCUT2D eigenvalue weighted by atomic mass is 16.5. The third kappa shape index (κ3) is 2.48. The quantitative estimate of drug-likeness (QED) is 0.739. The summed E-state index contributed by atoms with van der Waals surface area (Å²) in [5, 5.41) is 11.8. The molecule has 0 fully saturated rings. The van der Waals surface area contributed by atoms with Gasteiger partial charge in [0.15, 0.2) is 5.69 Å². The molecule has 0 aliphatic heterocycles. The molecule has 1 aliphatic rings. The summed E-state index contributed by atoms with van der Waals surface area (Å²) in [4.78, 5) is 12.4. The molecule has 4 rings (SSSR count). The minimum absolute atomic E-state index is 0.319. The molecule has 128 valence electrons. The van der Waals surface area contributed by atoms with Crippen molar-refractivity contribution < 1.29 is 14.3 Å². The fourth-order valence-corrected chi connectivity index (χ4v) is 3.20. The fraction of sp³-hybridized carbons (Fsp3) is 0.278. The maximum absolute atomic E-state index is 12.4. The van der Waals surface area contributed by atoms with Crippen molar-refractivity contribution in [2.45, 2.75) is 19.8 Å². The topological polar surface area (TPSA) is 82.0 Å². The molecule has 0 bridgehead atoms. The minimum Gasteiger partial charge on any atom is -0.497 e. The van der Waals surface area contributed by atoms with E-state index in [4.69, 9.17) is 9.47 Å². The van der Waals surface area contributed by atoms with Crippen LogP contribution < -0.4 is 4.74 Å². The fourth-order valence-electron chi connectivity index (χ4n) is 3.20. The lowest BCUT2D eigenvalue weighted by Gasteiger charge is -2.14. The zero-order valence-corrected chi connectivity index (χ0v) is 14.1. The van der Waals surface area contributed by atoms with E-state index in [9.17, 15) is 4.79 Å². The molecule has 2 aromatic heterocycles. The van der Waals surface area contributed by atoms with Crippen molar-refractivity contribution in [1.29, 1.82) is 0 Å². The number of rotatable bonds is 4. The van der Waals surface area contributed by atoms with Gasteiger partial charge in [0.2, 0.25) is 0 Å². The van der Waals surface area contributed by atoms with Gasteiger partial charge in [0.1, 0.15) is 5.75 Å². The average molecular weight is 338 g/mol. The molecular formula is C18H18N4O3. The number of aromatic amines is 1. The Balaban J connectivity index is 1.90. The third-order valence-electron chi connectivity index (χ3n) is 4.37. The Morgan fingerprint density at radius 3 is 2.80 bits per heavy atom. The van der Waals surface area contributed by atoms with Gasteiger partial charge >= 0.3 is 5.97 Å². The molecule has 0 saturated heterocycles. The van der Waals surface area contributed by atoms with Crippen molar-refractivity contribution in [2.24, 2.45) is 0 Å². The van der Waals surface area contributed by atoms with Crippen LogP contribution in [0.2, 0.25) is 0 Å². The summed E-state index contributed by atoms with van der Waals surface area (Å²) in [5.74, 6) is 0.373. The van der Waals surface area contributed by atoms with Gasteiger partial charge in [-0.15, -0.1) is 0 Å². The van der Waals surface area contributed by atoms with Crippen molar-refractivity contribution in [1.82, 2.24) is 20.0 Å². The highest BCUT2D eigenvalue weighted by Crippen LogP contribution is 2.36. The summed E-state index contributed by atoms with van der Waals surface area (Å²) in [6.45, 7) is 2.11. The standard InChI is InChI=1S/C18H18N4O3/c1-3-25-18(23)16-13-8-9-15-14(10-19-20-15)17(13)22(21-16)11-4-6-12(24-2)7-5-11/h4-7,10H,3,8-9H2,1-2H3,(H,19,20). The van der Waals surface area contributed by atoms with Gasteiger partial charge in [0.25, 0.3) is 0 Å². The minimum atomic E-state index is -0.391. The van der Waals surface area contributed by atoms with Crippen LogP contribution in [0.15, 0.2) is 30.5 Å². The maximum atomic E-state index is 12.4. The van der Waals surface area contributed by atoms with Gasteiger partial charge in [-0.25, -0.2) is 9.48 Å². The molecule has 7 nitrogen and oxygen atoms in total. The number of methoxy groups -OCH3 is 1. The molecule has 1 aromatic carbocycles. The van der Waals surface area contributed by atoms with Crippen LogP contribution in [0, 0.1) is 0 Å². The Morgan fingerprint density at radius 2 is 2.08 bits per heavy atom. The summed E-state index contributed by atoms with van der Waals surface area (Å²) in [6, 6.07) is 7.56. The van der Waals surface area contributed by atoms with Crippen molar-refractivity contribution in [2.75, 3.05) is 13.7 Å². The lowest BCUT2D eigenvalue weighted by Crippen LogP contribution is -2.10. The first-order valence-corrected chi connectivity index (χ1v) is 8.19. The number of ether oxygens (including phenoxy) is 2. The monoisotopic (exact) mass is 338 g/mol. The van der Waals surface area contributed by atoms with Gasteiger partial charge in [0, 0.05) is 16.8 Å². The van der Waals surface area contributed by atoms with E-state index in [1.54, 1.807) is 24.9 Å². The zero-order valence-electron chi connectivity index (χ0n) is 14.1. The van der Waals surface area contributed by atoms with Crippen LogP contribution in [0.1, 0.15) is 28.7 Å². The lowest BCUT2D eigenvalue weighted by atomic mass is 9.94. The zero-order chi connectivity index (χ0) is 17.4. The number of nitrogens with one attached hydrogen (secondary N) is 1. The first-order chi connectivity index (χ1) is 12.2. The number of hydrogen-bond donors (Lipinski definition) is 1. The molecule has 0 amide bonds. The second-order valence-corrected chi connectivity index (χ2v) is 5.77. The second-order valence-electron chi connectivity index (χ2n) is 5.77. The first kappa shape index (κ1) is 15.4. The van der Waals surface area contributed by atoms with Crippen LogP contribution in [-0.4, -0.2) is 39.7 Å². The Hall–Kier alpha value is -3.09. The number of aromatic nitrogens is 4. The number of benzene rings is 1. The smallest absolute Gasteiger partial charge is 0.359 e. The molecule has 7 heteroatoms. The lowest BCUT2D eigenvalue weighted by molar-refractivity contribution is 0.0517. The number of fused-ring (bicyclic) bond motifs is 3. The van der Waals surface area contributed by atoms with E-state index in [2.05, 4.69) is 15.3 Å². The Morgan fingerprint density at radius 1 is 1.28 bits per heavy atom. The molecule has 0 atom stereocenters. The molecule has 25 heavy (non-hydrogen) atoms. The highest BCUT2D eigenvalue weighted by molar-refractivity contribution is 5.92. The number of aryl methyl sites for hydroxylation is 1. The van der Waals surface area contributed by atoms with Gasteiger partial charge in [-0.1, -0.05) is 0 Å². The molecular weight excluding hydrogens is 320 g/mol. The Bertz CT molecular complexity index is 924. The SMILES string of the molecule is CCOC(=O)c1nn(-c2ccc(OC)cc2)c2c1CCc1[nH]ncc1-2. The van der Waals surface area contributed by atoms with E-state index in [-0.39, 0.29) is 0 Å². The van der Waals surface area contributed by atoms with E-state index in [0.29, 0.717) is 12.3 Å². The van der Waals surface area contributed by atoms with Gasteiger partial charge in [-0.3, -0.25) is 5.10 Å². The van der Waals surface area contributed by atoms with Crippen LogP contribution in [-0.2, 0) is 17.6 Å². The molecule has 0 spiro atoms. The normalized spacial score (nSPS) is 12.4.